The van der Waals surface area contributed by atoms with Gasteiger partial charge >= 0.3 is 0 Å². The first-order valence-corrected chi connectivity index (χ1v) is 7.72. The third kappa shape index (κ3) is 2.97. The number of hydrogen-bond acceptors (Lipinski definition) is 3. The van der Waals surface area contributed by atoms with Gasteiger partial charge in [-0.3, -0.25) is 9.59 Å². The van der Waals surface area contributed by atoms with Crippen LogP contribution in [0.1, 0.15) is 23.7 Å². The second kappa shape index (κ2) is 6.24. The summed E-state index contributed by atoms with van der Waals surface area (Å²) in [5.41, 5.74) is 1.42. The highest BCUT2D eigenvalue weighted by molar-refractivity contribution is 6.00. The van der Waals surface area contributed by atoms with Crippen LogP contribution in [0.15, 0.2) is 36.7 Å². The normalized spacial score (nSPS) is 18.4. The van der Waals surface area contributed by atoms with Gasteiger partial charge < -0.3 is 14.8 Å². The van der Waals surface area contributed by atoms with E-state index in [9.17, 15) is 9.59 Å². The number of nitrogens with one attached hydrogen (secondary N) is 1. The molecule has 2 amide bonds. The number of benzene rings is 1. The van der Waals surface area contributed by atoms with Crippen molar-refractivity contribution in [3.63, 3.8) is 0 Å². The Bertz CT molecular complexity index is 738. The highest BCUT2D eigenvalue weighted by Gasteiger charge is 2.27. The van der Waals surface area contributed by atoms with Crippen molar-refractivity contribution in [1.29, 1.82) is 0 Å². The molecule has 2 heterocycles. The van der Waals surface area contributed by atoms with Crippen molar-refractivity contribution < 1.29 is 9.59 Å². The van der Waals surface area contributed by atoms with Crippen LogP contribution >= 0.6 is 0 Å². The van der Waals surface area contributed by atoms with Crippen LogP contribution in [0.2, 0.25) is 0 Å². The Balaban J connectivity index is 1.97. The lowest BCUT2D eigenvalue weighted by Crippen LogP contribution is -2.42. The third-order valence-electron chi connectivity index (χ3n) is 4.19. The minimum absolute atomic E-state index is 0.00969. The molecule has 6 nitrogen and oxygen atoms in total. The maximum Gasteiger partial charge on any atom is 0.254 e. The Morgan fingerprint density at radius 2 is 2.13 bits per heavy atom. The van der Waals surface area contributed by atoms with E-state index >= 15 is 0 Å². The van der Waals surface area contributed by atoms with Crippen LogP contribution in [0.5, 0.6) is 0 Å². The number of aromatic nitrogens is 2. The predicted octanol–water partition coefficient (Wildman–Crippen LogP) is 1.44. The van der Waals surface area contributed by atoms with E-state index in [1.807, 2.05) is 49.0 Å². The van der Waals surface area contributed by atoms with Crippen LogP contribution < -0.4 is 5.32 Å². The van der Waals surface area contributed by atoms with Crippen LogP contribution in [0, 0.1) is 0 Å². The van der Waals surface area contributed by atoms with Crippen LogP contribution in [0.4, 0.5) is 0 Å². The van der Waals surface area contributed by atoms with Gasteiger partial charge in [0.1, 0.15) is 5.82 Å². The highest BCUT2D eigenvalue weighted by atomic mass is 16.2. The molecule has 0 bridgehead atoms. The van der Waals surface area contributed by atoms with Gasteiger partial charge in [0.05, 0.1) is 5.56 Å². The molecule has 6 heteroatoms. The maximum absolute atomic E-state index is 13.0. The molecule has 1 fully saturated rings. The largest absolute Gasteiger partial charge is 0.354 e. The first kappa shape index (κ1) is 15.3. The number of rotatable bonds is 2. The zero-order valence-corrected chi connectivity index (χ0v) is 13.3. The quantitative estimate of drug-likeness (QED) is 0.912. The van der Waals surface area contributed by atoms with E-state index in [0.29, 0.717) is 25.1 Å². The number of carbonyl (C=O) groups excluding carboxylic acids is 2. The Hall–Kier alpha value is -2.63. The van der Waals surface area contributed by atoms with E-state index in [-0.39, 0.29) is 17.9 Å². The Morgan fingerprint density at radius 1 is 1.35 bits per heavy atom. The van der Waals surface area contributed by atoms with Crippen LogP contribution in [0.25, 0.3) is 11.4 Å². The first-order chi connectivity index (χ1) is 11.1. The Kier molecular flexibility index (Phi) is 4.14. The van der Waals surface area contributed by atoms with Gasteiger partial charge in [-0.25, -0.2) is 4.98 Å². The van der Waals surface area contributed by atoms with Crippen LogP contribution in [-0.4, -0.2) is 45.4 Å². The highest BCUT2D eigenvalue weighted by Crippen LogP contribution is 2.24. The molecule has 1 atom stereocenters. The molecule has 1 aromatic heterocycles. The summed E-state index contributed by atoms with van der Waals surface area (Å²) in [6.45, 7) is 2.86. The van der Waals surface area contributed by atoms with E-state index in [0.717, 1.165) is 11.4 Å². The molecule has 1 aliphatic heterocycles. The van der Waals surface area contributed by atoms with Crippen LogP contribution in [0.3, 0.4) is 0 Å². The second-order valence-corrected chi connectivity index (χ2v) is 5.81. The maximum atomic E-state index is 13.0. The Morgan fingerprint density at radius 3 is 2.87 bits per heavy atom. The zero-order chi connectivity index (χ0) is 16.4. The molecule has 23 heavy (non-hydrogen) atoms. The van der Waals surface area contributed by atoms with E-state index in [1.54, 1.807) is 11.1 Å². The topological polar surface area (TPSA) is 67.2 Å². The second-order valence-electron chi connectivity index (χ2n) is 5.81. The van der Waals surface area contributed by atoms with Gasteiger partial charge in [-0.1, -0.05) is 18.2 Å². The molecule has 0 unspecified atom stereocenters. The molecule has 0 saturated carbocycles. The predicted molar refractivity (Wildman–Crippen MR) is 86.8 cm³/mol. The number of aryl methyl sites for hydroxylation is 1. The lowest BCUT2D eigenvalue weighted by molar-refractivity contribution is -0.120. The number of nitrogens with zero attached hydrogens (tertiary/aromatic N) is 3. The summed E-state index contributed by atoms with van der Waals surface area (Å²) in [7, 11) is 1.90. The van der Waals surface area contributed by atoms with Crippen molar-refractivity contribution in [3.8, 4) is 11.4 Å². The van der Waals surface area contributed by atoms with Crippen LogP contribution in [-0.2, 0) is 11.8 Å². The van der Waals surface area contributed by atoms with Gasteiger partial charge in [0.15, 0.2) is 0 Å². The van der Waals surface area contributed by atoms with Gasteiger partial charge in [-0.2, -0.15) is 0 Å². The van der Waals surface area contributed by atoms with Gasteiger partial charge in [0.2, 0.25) is 5.91 Å². The smallest absolute Gasteiger partial charge is 0.254 e. The van der Waals surface area contributed by atoms with E-state index in [4.69, 9.17) is 0 Å². The molecule has 0 aliphatic carbocycles. The minimum atomic E-state index is -0.0624. The fraction of sp³-hybridized carbons (Fsp3) is 0.353. The number of imidazole rings is 1. The van der Waals surface area contributed by atoms with Crippen molar-refractivity contribution in [1.82, 2.24) is 19.8 Å². The van der Waals surface area contributed by atoms with Crippen molar-refractivity contribution >= 4 is 11.8 Å². The van der Waals surface area contributed by atoms with Gasteiger partial charge in [-0.15, -0.1) is 0 Å². The van der Waals surface area contributed by atoms with E-state index < -0.39 is 0 Å². The van der Waals surface area contributed by atoms with E-state index in [1.165, 1.54) is 0 Å². The average molecular weight is 312 g/mol. The molecule has 0 radical (unpaired) electrons. The number of hydrogen-bond donors (Lipinski definition) is 1. The molecular weight excluding hydrogens is 292 g/mol. The zero-order valence-electron chi connectivity index (χ0n) is 13.3. The summed E-state index contributed by atoms with van der Waals surface area (Å²) < 4.78 is 1.89. The van der Waals surface area contributed by atoms with Gasteiger partial charge in [0, 0.05) is 50.6 Å². The standard InChI is InChI=1S/C17H20N4O2/c1-12-11-19-15(22)7-9-21(12)17(23)14-6-4-3-5-13(14)16-18-8-10-20(16)2/h3-6,8,10,12H,7,9,11H2,1-2H3,(H,19,22)/t12-/m1/s1. The minimum Gasteiger partial charge on any atom is -0.354 e. The summed E-state index contributed by atoms with van der Waals surface area (Å²) >= 11 is 0. The first-order valence-electron chi connectivity index (χ1n) is 7.72. The molecule has 1 N–H and O–H groups in total. The van der Waals surface area contributed by atoms with E-state index in [2.05, 4.69) is 10.3 Å². The number of carbonyl (C=O) groups is 2. The molecule has 1 aliphatic rings. The molecule has 3 rings (SSSR count). The van der Waals surface area contributed by atoms with Crippen molar-refractivity contribution in [2.24, 2.45) is 7.05 Å². The van der Waals surface area contributed by atoms with Gasteiger partial charge in [0.25, 0.3) is 5.91 Å². The molecule has 0 spiro atoms. The lowest BCUT2D eigenvalue weighted by Gasteiger charge is -2.27. The SMILES string of the molecule is C[C@@H]1CNC(=O)CCN1C(=O)c1ccccc1-c1nccn1C. The fourth-order valence-corrected chi connectivity index (χ4v) is 2.85. The summed E-state index contributed by atoms with van der Waals surface area (Å²) in [5.74, 6) is 0.683. The summed E-state index contributed by atoms with van der Waals surface area (Å²) in [5, 5.41) is 2.83. The summed E-state index contributed by atoms with van der Waals surface area (Å²) in [4.78, 5) is 30.7. The molecule has 1 aromatic carbocycles. The molecule has 1 saturated heterocycles. The fourth-order valence-electron chi connectivity index (χ4n) is 2.85. The monoisotopic (exact) mass is 312 g/mol. The molecular formula is C17H20N4O2. The molecule has 120 valence electrons. The van der Waals surface area contributed by atoms with Gasteiger partial charge in [-0.05, 0) is 13.0 Å². The van der Waals surface area contributed by atoms with Crippen molar-refractivity contribution in [3.05, 3.63) is 42.2 Å². The number of amides is 2. The Labute approximate surface area is 135 Å². The van der Waals surface area contributed by atoms with Crippen molar-refractivity contribution in [2.45, 2.75) is 19.4 Å². The average Bonchev–Trinajstić information content (AvgIpc) is 2.90. The van der Waals surface area contributed by atoms with Crippen molar-refractivity contribution in [2.75, 3.05) is 13.1 Å². The lowest BCUT2D eigenvalue weighted by atomic mass is 10.0. The summed E-state index contributed by atoms with van der Waals surface area (Å²) in [6, 6.07) is 7.44. The third-order valence-corrected chi connectivity index (χ3v) is 4.19. The summed E-state index contributed by atoms with van der Waals surface area (Å²) in [6.07, 6.45) is 3.90. The molecule has 2 aromatic rings.